The monoisotopic (exact) mass is 303 g/mol. The number of rotatable bonds is 7. The maximum absolute atomic E-state index is 12.1. The van der Waals surface area contributed by atoms with E-state index in [9.17, 15) is 13.2 Å². The van der Waals surface area contributed by atoms with Gasteiger partial charge in [0.1, 0.15) is 5.75 Å². The van der Waals surface area contributed by atoms with Crippen LogP contribution >= 0.6 is 0 Å². The third-order valence-electron chi connectivity index (χ3n) is 3.09. The fraction of sp³-hybridized carbons (Fsp3) is 0.625. The third kappa shape index (κ3) is 6.85. The smallest absolute Gasteiger partial charge is 0.389 e. The summed E-state index contributed by atoms with van der Waals surface area (Å²) in [5.41, 5.74) is 3.08. The number of alkyl halides is 3. The Morgan fingerprint density at radius 3 is 2.19 bits per heavy atom. The van der Waals surface area contributed by atoms with Gasteiger partial charge in [-0.2, -0.15) is 13.2 Å². The highest BCUT2D eigenvalue weighted by Crippen LogP contribution is 2.26. The van der Waals surface area contributed by atoms with Gasteiger partial charge in [0.05, 0.1) is 6.61 Å². The van der Waals surface area contributed by atoms with E-state index in [1.165, 1.54) is 0 Å². The summed E-state index contributed by atoms with van der Waals surface area (Å²) in [6.45, 7) is 8.87. The summed E-state index contributed by atoms with van der Waals surface area (Å²) >= 11 is 0. The minimum absolute atomic E-state index is 0.0148. The first-order chi connectivity index (χ1) is 9.69. The molecule has 120 valence electrons. The molecule has 0 aliphatic carbocycles. The van der Waals surface area contributed by atoms with Crippen molar-refractivity contribution < 1.29 is 17.9 Å². The Morgan fingerprint density at radius 2 is 1.71 bits per heavy atom. The normalized spacial score (nSPS) is 12.0. The number of ether oxygens (including phenoxy) is 1. The summed E-state index contributed by atoms with van der Waals surface area (Å²) in [6.07, 6.45) is -4.93. The molecule has 0 atom stereocenters. The van der Waals surface area contributed by atoms with Crippen LogP contribution in [0.1, 0.15) is 43.4 Å². The van der Waals surface area contributed by atoms with Crippen molar-refractivity contribution in [1.82, 2.24) is 5.32 Å². The first-order valence-corrected chi connectivity index (χ1v) is 7.22. The van der Waals surface area contributed by atoms with Gasteiger partial charge in [0.25, 0.3) is 0 Å². The van der Waals surface area contributed by atoms with Crippen LogP contribution in [0.2, 0.25) is 0 Å². The molecule has 0 radical (unpaired) electrons. The Morgan fingerprint density at radius 1 is 1.14 bits per heavy atom. The first kappa shape index (κ1) is 17.8. The number of aryl methyl sites for hydroxylation is 2. The Bertz CT molecular complexity index is 432. The molecule has 1 rings (SSSR count). The lowest BCUT2D eigenvalue weighted by Gasteiger charge is -2.15. The van der Waals surface area contributed by atoms with Crippen molar-refractivity contribution in [1.29, 1.82) is 0 Å². The molecule has 0 amide bonds. The molecule has 5 heteroatoms. The Hall–Kier alpha value is -1.23. The first-order valence-electron chi connectivity index (χ1n) is 7.22. The molecule has 0 bridgehead atoms. The molecular weight excluding hydrogens is 279 g/mol. The zero-order chi connectivity index (χ0) is 16.0. The highest BCUT2D eigenvalue weighted by molar-refractivity contribution is 5.43. The summed E-state index contributed by atoms with van der Waals surface area (Å²) in [4.78, 5) is 0. The Labute approximate surface area is 124 Å². The molecule has 1 N–H and O–H groups in total. The fourth-order valence-electron chi connectivity index (χ4n) is 2.14. The van der Waals surface area contributed by atoms with Gasteiger partial charge in [0.15, 0.2) is 0 Å². The predicted octanol–water partition coefficient (Wildman–Crippen LogP) is 4.52. The maximum atomic E-state index is 12.1. The lowest BCUT2D eigenvalue weighted by atomic mass is 10.1. The van der Waals surface area contributed by atoms with Crippen LogP contribution < -0.4 is 10.1 Å². The molecule has 2 nitrogen and oxygen atoms in total. The van der Waals surface area contributed by atoms with Crippen LogP contribution in [0.15, 0.2) is 12.1 Å². The van der Waals surface area contributed by atoms with Gasteiger partial charge in [0, 0.05) is 19.0 Å². The average molecular weight is 303 g/mol. The number of nitrogens with one attached hydrogen (secondary N) is 1. The quantitative estimate of drug-likeness (QED) is 0.748. The molecule has 0 aromatic heterocycles. The van der Waals surface area contributed by atoms with Crippen molar-refractivity contribution in [2.75, 3.05) is 6.61 Å². The molecular formula is C16H24F3NO. The topological polar surface area (TPSA) is 21.3 Å². The Kier molecular flexibility index (Phi) is 6.52. The number of hydrogen-bond acceptors (Lipinski definition) is 2. The predicted molar refractivity (Wildman–Crippen MR) is 78.7 cm³/mol. The zero-order valence-electron chi connectivity index (χ0n) is 13.1. The Balaban J connectivity index is 2.59. The highest BCUT2D eigenvalue weighted by Gasteiger charge is 2.26. The third-order valence-corrected chi connectivity index (χ3v) is 3.09. The van der Waals surface area contributed by atoms with Gasteiger partial charge in [-0.1, -0.05) is 26.0 Å². The molecule has 0 heterocycles. The largest absolute Gasteiger partial charge is 0.493 e. The molecule has 0 aliphatic rings. The molecule has 0 spiro atoms. The van der Waals surface area contributed by atoms with E-state index < -0.39 is 12.6 Å². The van der Waals surface area contributed by atoms with Crippen LogP contribution in [0, 0.1) is 13.8 Å². The van der Waals surface area contributed by atoms with Gasteiger partial charge in [-0.3, -0.25) is 0 Å². The number of halogens is 3. The zero-order valence-corrected chi connectivity index (χ0v) is 13.1. The maximum Gasteiger partial charge on any atom is 0.389 e. The van der Waals surface area contributed by atoms with Gasteiger partial charge in [-0.05, 0) is 37.0 Å². The fourth-order valence-corrected chi connectivity index (χ4v) is 2.14. The lowest BCUT2D eigenvalue weighted by Crippen LogP contribution is -2.22. The molecule has 0 unspecified atom stereocenters. The summed E-state index contributed by atoms with van der Waals surface area (Å²) in [5.74, 6) is 0.700. The minimum atomic E-state index is -4.11. The van der Waals surface area contributed by atoms with E-state index in [2.05, 4.69) is 19.2 Å². The average Bonchev–Trinajstić information content (AvgIpc) is 2.33. The number of benzene rings is 1. The summed E-state index contributed by atoms with van der Waals surface area (Å²) < 4.78 is 41.8. The lowest BCUT2D eigenvalue weighted by molar-refractivity contribution is -0.136. The van der Waals surface area contributed by atoms with E-state index in [-0.39, 0.29) is 13.0 Å². The second-order valence-electron chi connectivity index (χ2n) is 5.66. The summed E-state index contributed by atoms with van der Waals surface area (Å²) in [5, 5.41) is 3.34. The molecule has 0 saturated carbocycles. The second kappa shape index (κ2) is 7.69. The van der Waals surface area contributed by atoms with Gasteiger partial charge in [-0.15, -0.1) is 0 Å². The summed E-state index contributed by atoms with van der Waals surface area (Å²) in [7, 11) is 0. The van der Waals surface area contributed by atoms with Crippen LogP contribution in [0.25, 0.3) is 0 Å². The van der Waals surface area contributed by atoms with E-state index in [4.69, 9.17) is 4.74 Å². The van der Waals surface area contributed by atoms with Gasteiger partial charge < -0.3 is 10.1 Å². The molecule has 21 heavy (non-hydrogen) atoms. The van der Waals surface area contributed by atoms with Crippen molar-refractivity contribution >= 4 is 0 Å². The highest BCUT2D eigenvalue weighted by atomic mass is 19.4. The van der Waals surface area contributed by atoms with Crippen LogP contribution in [0.5, 0.6) is 5.75 Å². The molecule has 0 saturated heterocycles. The van der Waals surface area contributed by atoms with Crippen molar-refractivity contribution in [3.8, 4) is 5.75 Å². The van der Waals surface area contributed by atoms with E-state index in [0.29, 0.717) is 11.8 Å². The summed E-state index contributed by atoms with van der Waals surface area (Å²) in [6, 6.07) is 4.44. The van der Waals surface area contributed by atoms with Crippen LogP contribution in [-0.2, 0) is 6.54 Å². The molecule has 1 aromatic rings. The van der Waals surface area contributed by atoms with Crippen LogP contribution in [0.4, 0.5) is 13.2 Å². The van der Waals surface area contributed by atoms with Gasteiger partial charge in [-0.25, -0.2) is 0 Å². The van der Waals surface area contributed by atoms with Crippen molar-refractivity contribution in [2.45, 2.75) is 59.3 Å². The van der Waals surface area contributed by atoms with Crippen LogP contribution in [-0.4, -0.2) is 18.8 Å². The van der Waals surface area contributed by atoms with Crippen LogP contribution in [0.3, 0.4) is 0 Å². The van der Waals surface area contributed by atoms with E-state index >= 15 is 0 Å². The molecule has 0 aliphatic heterocycles. The van der Waals surface area contributed by atoms with Gasteiger partial charge in [0.2, 0.25) is 0 Å². The number of hydrogen-bond donors (Lipinski definition) is 1. The molecule has 0 fully saturated rings. The van der Waals surface area contributed by atoms with Crippen molar-refractivity contribution in [3.63, 3.8) is 0 Å². The minimum Gasteiger partial charge on any atom is -0.493 e. The van der Waals surface area contributed by atoms with Crippen molar-refractivity contribution in [2.24, 2.45) is 0 Å². The van der Waals surface area contributed by atoms with E-state index in [0.717, 1.165) is 23.2 Å². The van der Waals surface area contributed by atoms with E-state index in [1.807, 2.05) is 26.0 Å². The SMILES string of the molecule is Cc1cc(CNC(C)C)cc(C)c1OCCCC(F)(F)F. The van der Waals surface area contributed by atoms with Gasteiger partial charge >= 0.3 is 6.18 Å². The van der Waals surface area contributed by atoms with Crippen molar-refractivity contribution in [3.05, 3.63) is 28.8 Å². The standard InChI is InChI=1S/C16H24F3NO/c1-11(2)20-10-14-8-12(3)15(13(4)9-14)21-7-5-6-16(17,18)19/h8-9,11,20H,5-7,10H2,1-4H3. The van der Waals surface area contributed by atoms with E-state index in [1.54, 1.807) is 0 Å². The second-order valence-corrected chi connectivity index (χ2v) is 5.66. The molecule has 1 aromatic carbocycles.